The number of nitrogens with zero attached hydrogens (tertiary/aromatic N) is 3. The van der Waals surface area contributed by atoms with Crippen LogP contribution in [0.2, 0.25) is 0 Å². The van der Waals surface area contributed by atoms with Crippen LogP contribution < -0.4 is 4.90 Å². The van der Waals surface area contributed by atoms with Crippen molar-refractivity contribution >= 4 is 39.9 Å². The predicted octanol–water partition coefficient (Wildman–Crippen LogP) is 5.13. The number of aromatic amines is 1. The minimum absolute atomic E-state index is 0.0513. The number of aromatic hydroxyl groups is 1. The van der Waals surface area contributed by atoms with Crippen molar-refractivity contribution in [2.75, 3.05) is 39.2 Å². The maximum Gasteiger partial charge on any atom is 0.337 e. The number of amides is 1. The van der Waals surface area contributed by atoms with Crippen molar-refractivity contribution in [1.29, 1.82) is 0 Å². The summed E-state index contributed by atoms with van der Waals surface area (Å²) in [5.41, 5.74) is 4.37. The van der Waals surface area contributed by atoms with E-state index in [1.807, 2.05) is 80.5 Å². The molecule has 0 fully saturated rings. The number of nitrogens with one attached hydrogen (secondary N) is 1. The first-order chi connectivity index (χ1) is 18.3. The summed E-state index contributed by atoms with van der Waals surface area (Å²) in [4.78, 5) is 36.3. The Morgan fingerprint density at radius 2 is 1.66 bits per heavy atom. The van der Waals surface area contributed by atoms with E-state index in [0.29, 0.717) is 41.0 Å². The van der Waals surface area contributed by atoms with E-state index in [1.165, 1.54) is 7.11 Å². The fraction of sp³-hybridized carbons (Fsp3) is 0.233. The summed E-state index contributed by atoms with van der Waals surface area (Å²) in [6.45, 7) is 3.20. The van der Waals surface area contributed by atoms with Crippen LogP contribution in [-0.4, -0.2) is 66.9 Å². The average Bonchev–Trinajstić information content (AvgIpc) is 3.26. The van der Waals surface area contributed by atoms with Crippen molar-refractivity contribution in [1.82, 2.24) is 9.88 Å². The Balaban J connectivity index is 1.78. The molecule has 0 unspecified atom stereocenters. The van der Waals surface area contributed by atoms with Crippen LogP contribution >= 0.6 is 0 Å². The van der Waals surface area contributed by atoms with Crippen LogP contribution in [0.25, 0.3) is 10.9 Å². The summed E-state index contributed by atoms with van der Waals surface area (Å²) in [5.74, 6) is -0.450. The van der Waals surface area contributed by atoms with Gasteiger partial charge < -0.3 is 24.6 Å². The van der Waals surface area contributed by atoms with Gasteiger partial charge in [0.15, 0.2) is 5.88 Å². The van der Waals surface area contributed by atoms with Crippen molar-refractivity contribution in [3.8, 4) is 5.88 Å². The predicted molar refractivity (Wildman–Crippen MR) is 151 cm³/mol. The van der Waals surface area contributed by atoms with Gasteiger partial charge in [0, 0.05) is 41.7 Å². The molecule has 3 aromatic carbocycles. The lowest BCUT2D eigenvalue weighted by atomic mass is 10.00. The Kier molecular flexibility index (Phi) is 8.23. The lowest BCUT2D eigenvalue weighted by Gasteiger charge is -2.24. The molecule has 0 saturated carbocycles. The van der Waals surface area contributed by atoms with Crippen LogP contribution in [-0.2, 0) is 9.53 Å². The summed E-state index contributed by atoms with van der Waals surface area (Å²) in [6, 6.07) is 22.2. The molecular formula is C30H32N4O4. The van der Waals surface area contributed by atoms with Gasteiger partial charge >= 0.3 is 5.97 Å². The maximum atomic E-state index is 12.6. The number of ether oxygens (including phenoxy) is 1. The second-order valence-electron chi connectivity index (χ2n) is 9.15. The summed E-state index contributed by atoms with van der Waals surface area (Å²) in [6.07, 6.45) is 0.420. The molecule has 4 rings (SSSR count). The molecule has 0 aliphatic heterocycles. The molecule has 196 valence electrons. The Morgan fingerprint density at radius 1 is 0.947 bits per heavy atom. The number of aliphatic imine (C=N–C) groups is 1. The van der Waals surface area contributed by atoms with Gasteiger partial charge in [-0.15, -0.1) is 0 Å². The van der Waals surface area contributed by atoms with E-state index in [1.54, 1.807) is 23.1 Å². The standard InChI is InChI=1S/C30H32N4O4/c1-5-26(35)34(18-17-33(2)3)23-14-12-22(13-15-23)31-28(20-9-7-6-8-10-20)27-24-16-11-21(30(37)38-4)19-25(24)32-29(27)36/h6-16,19,32,36H,5,17-18H2,1-4H3. The molecule has 8 heteroatoms. The molecule has 1 amide bonds. The van der Waals surface area contributed by atoms with Crippen molar-refractivity contribution in [3.05, 3.63) is 89.5 Å². The molecule has 0 aliphatic rings. The number of fused-ring (bicyclic) bond motifs is 1. The SMILES string of the molecule is CCC(=O)N(CCN(C)C)c1ccc(N=C(c2ccccc2)c2c(O)[nH]c3cc(C(=O)OC)ccc23)cc1. The van der Waals surface area contributed by atoms with Crippen LogP contribution in [0.15, 0.2) is 77.8 Å². The number of carbonyl (C=O) groups is 2. The van der Waals surface area contributed by atoms with E-state index in [4.69, 9.17) is 9.73 Å². The Hall–Kier alpha value is -4.43. The number of hydrogen-bond acceptors (Lipinski definition) is 6. The molecule has 38 heavy (non-hydrogen) atoms. The summed E-state index contributed by atoms with van der Waals surface area (Å²) in [5, 5.41) is 11.7. The van der Waals surface area contributed by atoms with Crippen LogP contribution in [0.3, 0.4) is 0 Å². The number of rotatable bonds is 9. The molecule has 0 atom stereocenters. The van der Waals surface area contributed by atoms with Crippen molar-refractivity contribution in [2.24, 2.45) is 4.99 Å². The average molecular weight is 513 g/mol. The lowest BCUT2D eigenvalue weighted by molar-refractivity contribution is -0.118. The zero-order valence-electron chi connectivity index (χ0n) is 22.1. The Labute approximate surface area is 222 Å². The monoisotopic (exact) mass is 512 g/mol. The smallest absolute Gasteiger partial charge is 0.337 e. The quantitative estimate of drug-likeness (QED) is 0.239. The van der Waals surface area contributed by atoms with E-state index < -0.39 is 5.97 Å². The number of benzene rings is 3. The van der Waals surface area contributed by atoms with E-state index in [-0.39, 0.29) is 11.8 Å². The highest BCUT2D eigenvalue weighted by Crippen LogP contribution is 2.32. The van der Waals surface area contributed by atoms with Crippen molar-refractivity contribution in [2.45, 2.75) is 13.3 Å². The molecule has 0 aliphatic carbocycles. The van der Waals surface area contributed by atoms with Gasteiger partial charge in [0.1, 0.15) is 0 Å². The lowest BCUT2D eigenvalue weighted by Crippen LogP contribution is -2.36. The van der Waals surface area contributed by atoms with Gasteiger partial charge in [0.2, 0.25) is 5.91 Å². The van der Waals surface area contributed by atoms with E-state index in [9.17, 15) is 14.7 Å². The van der Waals surface area contributed by atoms with Crippen LogP contribution in [0.4, 0.5) is 11.4 Å². The first kappa shape index (κ1) is 26.6. The Morgan fingerprint density at radius 3 is 2.29 bits per heavy atom. The van der Waals surface area contributed by atoms with Crippen LogP contribution in [0, 0.1) is 0 Å². The fourth-order valence-corrected chi connectivity index (χ4v) is 4.25. The van der Waals surface area contributed by atoms with E-state index in [2.05, 4.69) is 4.98 Å². The molecular weight excluding hydrogens is 480 g/mol. The third-order valence-corrected chi connectivity index (χ3v) is 6.26. The highest BCUT2D eigenvalue weighted by atomic mass is 16.5. The zero-order valence-corrected chi connectivity index (χ0v) is 22.1. The number of anilines is 1. The minimum Gasteiger partial charge on any atom is -0.494 e. The normalized spacial score (nSPS) is 11.7. The topological polar surface area (TPSA) is 98.2 Å². The fourth-order valence-electron chi connectivity index (χ4n) is 4.25. The number of H-pyrrole nitrogens is 1. The molecule has 0 radical (unpaired) electrons. The van der Waals surface area contributed by atoms with Gasteiger partial charge in [-0.3, -0.25) is 4.79 Å². The van der Waals surface area contributed by atoms with Crippen molar-refractivity contribution in [3.63, 3.8) is 0 Å². The molecule has 4 aromatic rings. The third-order valence-electron chi connectivity index (χ3n) is 6.26. The van der Waals surface area contributed by atoms with Gasteiger partial charge in [-0.2, -0.15) is 0 Å². The molecule has 8 nitrogen and oxygen atoms in total. The van der Waals surface area contributed by atoms with Crippen molar-refractivity contribution < 1.29 is 19.4 Å². The third kappa shape index (κ3) is 5.76. The van der Waals surface area contributed by atoms with Gasteiger partial charge in [0.25, 0.3) is 0 Å². The first-order valence-corrected chi connectivity index (χ1v) is 12.4. The van der Waals surface area contributed by atoms with E-state index in [0.717, 1.165) is 23.2 Å². The van der Waals surface area contributed by atoms with Gasteiger partial charge in [0.05, 0.1) is 29.6 Å². The maximum absolute atomic E-state index is 12.6. The largest absolute Gasteiger partial charge is 0.494 e. The number of esters is 1. The number of likely N-dealkylation sites (N-methyl/N-ethyl adjacent to an activating group) is 1. The molecule has 2 N–H and O–H groups in total. The molecule has 0 bridgehead atoms. The minimum atomic E-state index is -0.458. The summed E-state index contributed by atoms with van der Waals surface area (Å²) < 4.78 is 4.83. The molecule has 1 heterocycles. The number of aromatic nitrogens is 1. The van der Waals surface area contributed by atoms with Gasteiger partial charge in [-0.1, -0.05) is 43.3 Å². The van der Waals surface area contributed by atoms with Crippen LogP contribution in [0.5, 0.6) is 5.88 Å². The molecule has 0 saturated heterocycles. The first-order valence-electron chi connectivity index (χ1n) is 12.4. The number of methoxy groups -OCH3 is 1. The number of carbonyl (C=O) groups excluding carboxylic acids is 2. The second-order valence-corrected chi connectivity index (χ2v) is 9.15. The highest BCUT2D eigenvalue weighted by molar-refractivity contribution is 6.22. The number of hydrogen-bond donors (Lipinski definition) is 2. The highest BCUT2D eigenvalue weighted by Gasteiger charge is 2.20. The molecule has 0 spiro atoms. The van der Waals surface area contributed by atoms with Gasteiger partial charge in [-0.25, -0.2) is 9.79 Å². The van der Waals surface area contributed by atoms with E-state index >= 15 is 0 Å². The van der Waals surface area contributed by atoms with Crippen LogP contribution in [0.1, 0.15) is 34.8 Å². The van der Waals surface area contributed by atoms with Gasteiger partial charge in [-0.05, 0) is 50.5 Å². The summed E-state index contributed by atoms with van der Waals surface area (Å²) >= 11 is 0. The summed E-state index contributed by atoms with van der Waals surface area (Å²) in [7, 11) is 5.29. The second kappa shape index (κ2) is 11.7. The molecule has 1 aromatic heterocycles. The Bertz CT molecular complexity index is 1460. The zero-order chi connectivity index (χ0) is 27.2.